The number of carbonyl (C=O) groups excluding carboxylic acids is 1. The maximum absolute atomic E-state index is 12.7. The van der Waals surface area contributed by atoms with E-state index >= 15 is 0 Å². The lowest BCUT2D eigenvalue weighted by Gasteiger charge is -2.39. The van der Waals surface area contributed by atoms with Gasteiger partial charge in [-0.15, -0.1) is 0 Å². The van der Waals surface area contributed by atoms with Gasteiger partial charge in [0.05, 0.1) is 18.8 Å². The molecule has 1 heterocycles. The average molecular weight is 616 g/mol. The fourth-order valence-electron chi connectivity index (χ4n) is 5.95. The summed E-state index contributed by atoms with van der Waals surface area (Å²) in [5, 5.41) is 17.9. The second-order valence-electron chi connectivity index (χ2n) is 12.0. The molecular weight excluding hydrogens is 574 g/mol. The first-order valence-electron chi connectivity index (χ1n) is 15.8. The minimum Gasteiger partial charge on any atom is -0.392 e. The molecule has 0 spiro atoms. The summed E-state index contributed by atoms with van der Waals surface area (Å²) in [7, 11) is 2.14. The summed E-state index contributed by atoms with van der Waals surface area (Å²) in [5.74, 6) is 0. The molecule has 3 N–H and O–H groups in total. The summed E-state index contributed by atoms with van der Waals surface area (Å²) < 4.78 is 13.2. The molecule has 0 radical (unpaired) electrons. The van der Waals surface area contributed by atoms with Crippen molar-refractivity contribution < 1.29 is 19.4 Å². The standard InChI is InChI=1S/C39H41N3O4/c1-27(32-20-19-30-11-6-7-12-33(30)21-32)42(2)25-36-23-37(31-17-15-29(26-43)16-18-31)46-38(45-36)34-13-8-14-35(22-34)41-39(44)40-24-28-9-4-3-5-10-28/h3-22,27,36-38,43H,23-26H2,1-2H3,(H2,40,41,44)/t27-,36-,37+,38+/m1/s1. The Morgan fingerprint density at radius 3 is 2.37 bits per heavy atom. The second-order valence-corrected chi connectivity index (χ2v) is 12.0. The van der Waals surface area contributed by atoms with Crippen molar-refractivity contribution in [3.05, 3.63) is 149 Å². The first-order valence-corrected chi connectivity index (χ1v) is 15.8. The van der Waals surface area contributed by atoms with Gasteiger partial charge in [0.15, 0.2) is 6.29 Å². The summed E-state index contributed by atoms with van der Waals surface area (Å²) in [5.41, 5.74) is 5.66. The van der Waals surface area contributed by atoms with Crippen LogP contribution in [-0.2, 0) is 22.6 Å². The number of fused-ring (bicyclic) bond motifs is 1. The Kier molecular flexibility index (Phi) is 10.1. The van der Waals surface area contributed by atoms with Crippen LogP contribution in [0, 0.1) is 0 Å². The number of hydrogen-bond donors (Lipinski definition) is 3. The highest BCUT2D eigenvalue weighted by Gasteiger charge is 2.33. The van der Waals surface area contributed by atoms with E-state index in [0.717, 1.165) is 22.3 Å². The molecule has 0 unspecified atom stereocenters. The van der Waals surface area contributed by atoms with Crippen LogP contribution in [0.25, 0.3) is 10.8 Å². The number of aliphatic hydroxyl groups is 1. The van der Waals surface area contributed by atoms with E-state index in [1.54, 1.807) is 0 Å². The molecule has 5 aromatic rings. The average Bonchev–Trinajstić information content (AvgIpc) is 3.10. The Balaban J connectivity index is 1.18. The van der Waals surface area contributed by atoms with Crippen LogP contribution < -0.4 is 10.6 Å². The fraction of sp³-hybridized carbons (Fsp3) is 0.256. The van der Waals surface area contributed by atoms with Crippen LogP contribution in [0.5, 0.6) is 0 Å². The molecule has 7 heteroatoms. The van der Waals surface area contributed by atoms with Crippen LogP contribution >= 0.6 is 0 Å². The predicted molar refractivity (Wildman–Crippen MR) is 182 cm³/mol. The lowest BCUT2D eigenvalue weighted by molar-refractivity contribution is -0.253. The third-order valence-electron chi connectivity index (χ3n) is 8.74. The van der Waals surface area contributed by atoms with Crippen LogP contribution in [0.15, 0.2) is 121 Å². The summed E-state index contributed by atoms with van der Waals surface area (Å²) in [4.78, 5) is 15.0. The zero-order valence-corrected chi connectivity index (χ0v) is 26.3. The molecule has 0 bridgehead atoms. The van der Waals surface area contributed by atoms with Crippen molar-refractivity contribution in [3.63, 3.8) is 0 Å². The van der Waals surface area contributed by atoms with Crippen molar-refractivity contribution in [1.82, 2.24) is 10.2 Å². The van der Waals surface area contributed by atoms with Crippen LogP contribution in [0.1, 0.15) is 59.6 Å². The number of hydrogen-bond acceptors (Lipinski definition) is 5. The SMILES string of the molecule is C[C@H](c1ccc2ccccc2c1)N(C)C[C@H]1C[C@@H](c2ccc(CO)cc2)O[C@@H](c2cccc(NC(=O)NCc3ccccc3)c2)O1. The first kappa shape index (κ1) is 31.5. The number of likely N-dealkylation sites (N-methyl/N-ethyl adjacent to an activating group) is 1. The maximum Gasteiger partial charge on any atom is 0.319 e. The number of urea groups is 1. The fourth-order valence-corrected chi connectivity index (χ4v) is 5.95. The van der Waals surface area contributed by atoms with Gasteiger partial charge >= 0.3 is 6.03 Å². The Hall–Kier alpha value is -4.53. The topological polar surface area (TPSA) is 83.1 Å². The number of anilines is 1. The van der Waals surface area contributed by atoms with Gasteiger partial charge < -0.3 is 25.2 Å². The van der Waals surface area contributed by atoms with Gasteiger partial charge in [0, 0.05) is 36.8 Å². The highest BCUT2D eigenvalue weighted by atomic mass is 16.7. The van der Waals surface area contributed by atoms with Gasteiger partial charge in [-0.25, -0.2) is 4.79 Å². The van der Waals surface area contributed by atoms with Gasteiger partial charge in [-0.1, -0.05) is 103 Å². The molecule has 0 aromatic heterocycles. The van der Waals surface area contributed by atoms with E-state index in [1.165, 1.54) is 16.3 Å². The minimum absolute atomic E-state index is 0.00363. The van der Waals surface area contributed by atoms with Crippen molar-refractivity contribution in [1.29, 1.82) is 0 Å². The lowest BCUT2D eigenvalue weighted by atomic mass is 9.98. The number of aliphatic hydroxyl groups excluding tert-OH is 1. The number of rotatable bonds is 10. The van der Waals surface area contributed by atoms with E-state index in [1.807, 2.05) is 78.9 Å². The first-order chi connectivity index (χ1) is 22.4. The second kappa shape index (κ2) is 14.7. The van der Waals surface area contributed by atoms with Gasteiger partial charge in [0.2, 0.25) is 0 Å². The normalized spacial score (nSPS) is 18.7. The number of amides is 2. The molecule has 6 rings (SSSR count). The molecule has 1 aliphatic rings. The van der Waals surface area contributed by atoms with Crippen molar-refractivity contribution in [2.24, 2.45) is 0 Å². The van der Waals surface area contributed by atoms with Gasteiger partial charge in [-0.2, -0.15) is 0 Å². The summed E-state index contributed by atoms with van der Waals surface area (Å²) in [6, 6.07) is 40.3. The summed E-state index contributed by atoms with van der Waals surface area (Å²) in [6.07, 6.45) is -0.254. The summed E-state index contributed by atoms with van der Waals surface area (Å²) in [6.45, 7) is 3.37. The van der Waals surface area contributed by atoms with Gasteiger partial charge in [0.1, 0.15) is 0 Å². The highest BCUT2D eigenvalue weighted by Crippen LogP contribution is 2.39. The number of ether oxygens (including phenoxy) is 2. The molecule has 2 amide bonds. The van der Waals surface area contributed by atoms with E-state index in [4.69, 9.17) is 9.47 Å². The van der Waals surface area contributed by atoms with Crippen molar-refractivity contribution in [2.45, 2.75) is 51.0 Å². The van der Waals surface area contributed by atoms with E-state index in [2.05, 4.69) is 72.0 Å². The Labute approximate surface area is 270 Å². The molecule has 1 aliphatic heterocycles. The van der Waals surface area contributed by atoms with Crippen molar-refractivity contribution >= 4 is 22.5 Å². The zero-order chi connectivity index (χ0) is 31.9. The molecule has 7 nitrogen and oxygen atoms in total. The van der Waals surface area contributed by atoms with Gasteiger partial charge in [-0.3, -0.25) is 4.90 Å². The van der Waals surface area contributed by atoms with E-state index in [-0.39, 0.29) is 30.9 Å². The largest absolute Gasteiger partial charge is 0.392 e. The molecule has 0 saturated carbocycles. The molecule has 0 aliphatic carbocycles. The maximum atomic E-state index is 12.7. The van der Waals surface area contributed by atoms with Crippen LogP contribution in [0.2, 0.25) is 0 Å². The number of nitrogens with zero attached hydrogens (tertiary/aromatic N) is 1. The quantitative estimate of drug-likeness (QED) is 0.149. The zero-order valence-electron chi connectivity index (χ0n) is 26.3. The Morgan fingerprint density at radius 2 is 1.59 bits per heavy atom. The molecule has 5 aromatic carbocycles. The van der Waals surface area contributed by atoms with Crippen LogP contribution in [0.4, 0.5) is 10.5 Å². The predicted octanol–water partition coefficient (Wildman–Crippen LogP) is 7.89. The lowest BCUT2D eigenvalue weighted by Crippen LogP contribution is -2.38. The van der Waals surface area contributed by atoms with Crippen molar-refractivity contribution in [2.75, 3.05) is 18.9 Å². The van der Waals surface area contributed by atoms with Crippen molar-refractivity contribution in [3.8, 4) is 0 Å². The van der Waals surface area contributed by atoms with Gasteiger partial charge in [0.25, 0.3) is 0 Å². The van der Waals surface area contributed by atoms with Crippen LogP contribution in [0.3, 0.4) is 0 Å². The monoisotopic (exact) mass is 615 g/mol. The molecule has 4 atom stereocenters. The summed E-state index contributed by atoms with van der Waals surface area (Å²) >= 11 is 0. The van der Waals surface area contributed by atoms with E-state index < -0.39 is 6.29 Å². The van der Waals surface area contributed by atoms with E-state index in [0.29, 0.717) is 25.2 Å². The number of benzene rings is 5. The Bertz CT molecular complexity index is 1740. The molecule has 46 heavy (non-hydrogen) atoms. The third-order valence-corrected chi connectivity index (χ3v) is 8.74. The highest BCUT2D eigenvalue weighted by molar-refractivity contribution is 5.89. The molecule has 236 valence electrons. The van der Waals surface area contributed by atoms with Crippen LogP contribution in [-0.4, -0.2) is 35.7 Å². The third kappa shape index (κ3) is 7.81. The molecule has 1 saturated heterocycles. The number of carbonyl (C=O) groups is 1. The molecule has 1 fully saturated rings. The number of nitrogens with one attached hydrogen (secondary N) is 2. The smallest absolute Gasteiger partial charge is 0.319 e. The molecular formula is C39H41N3O4. The Morgan fingerprint density at radius 1 is 0.826 bits per heavy atom. The van der Waals surface area contributed by atoms with E-state index in [9.17, 15) is 9.90 Å². The minimum atomic E-state index is -0.625. The van der Waals surface area contributed by atoms with Gasteiger partial charge in [-0.05, 0) is 65.2 Å².